The van der Waals surface area contributed by atoms with Crippen LogP contribution in [0.1, 0.15) is 28.5 Å². The molecule has 28 heavy (non-hydrogen) atoms. The Bertz CT molecular complexity index is 1070. The van der Waals surface area contributed by atoms with Crippen LogP contribution in [0.5, 0.6) is 0 Å². The number of anilines is 1. The van der Waals surface area contributed by atoms with Crippen LogP contribution in [0.25, 0.3) is 11.3 Å². The number of aromatic nitrogens is 3. The number of nitrogens with one attached hydrogen (secondary N) is 1. The van der Waals surface area contributed by atoms with Gasteiger partial charge in [0.25, 0.3) is 5.91 Å². The van der Waals surface area contributed by atoms with Crippen molar-refractivity contribution in [2.75, 3.05) is 5.32 Å². The van der Waals surface area contributed by atoms with Crippen LogP contribution in [-0.4, -0.2) is 20.7 Å². The lowest BCUT2D eigenvalue weighted by atomic mass is 10.0. The molecular weight excluding hydrogens is 368 g/mol. The van der Waals surface area contributed by atoms with E-state index in [1.165, 1.54) is 22.5 Å². The molecule has 0 aliphatic carbocycles. The van der Waals surface area contributed by atoms with Crippen molar-refractivity contribution < 1.29 is 4.79 Å². The summed E-state index contributed by atoms with van der Waals surface area (Å²) in [6.45, 7) is 2.60. The molecule has 0 saturated heterocycles. The van der Waals surface area contributed by atoms with Crippen LogP contribution in [-0.2, 0) is 13.0 Å². The molecule has 2 aromatic carbocycles. The smallest absolute Gasteiger partial charge is 0.275 e. The fourth-order valence-electron chi connectivity index (χ4n) is 3.03. The third kappa shape index (κ3) is 4.02. The molecule has 4 aromatic rings. The zero-order valence-corrected chi connectivity index (χ0v) is 16.3. The summed E-state index contributed by atoms with van der Waals surface area (Å²) in [5.41, 5.74) is 4.97. The molecule has 0 spiro atoms. The lowest BCUT2D eigenvalue weighted by Crippen LogP contribution is -2.17. The second-order valence-corrected chi connectivity index (χ2v) is 7.24. The van der Waals surface area contributed by atoms with Gasteiger partial charge in [-0.15, -0.1) is 11.3 Å². The highest BCUT2D eigenvalue weighted by atomic mass is 32.1. The summed E-state index contributed by atoms with van der Waals surface area (Å²) in [6.07, 6.45) is 2.54. The molecule has 140 valence electrons. The Labute approximate surface area is 167 Å². The lowest BCUT2D eigenvalue weighted by molar-refractivity contribution is 0.101. The average Bonchev–Trinajstić information content (AvgIpc) is 3.39. The second-order valence-electron chi connectivity index (χ2n) is 6.38. The van der Waals surface area contributed by atoms with Gasteiger partial charge in [-0.2, -0.15) is 5.10 Å². The number of thiazole rings is 1. The Balaban J connectivity index is 1.44. The molecule has 1 N–H and O–H groups in total. The van der Waals surface area contributed by atoms with E-state index >= 15 is 0 Å². The van der Waals surface area contributed by atoms with Crippen LogP contribution in [0.15, 0.2) is 72.2 Å². The fraction of sp³-hybridized carbons (Fsp3) is 0.136. The summed E-state index contributed by atoms with van der Waals surface area (Å²) in [5, 5.41) is 9.53. The average molecular weight is 388 g/mol. The van der Waals surface area contributed by atoms with Crippen LogP contribution in [0.2, 0.25) is 0 Å². The maximum atomic E-state index is 12.4. The molecule has 2 heterocycles. The van der Waals surface area contributed by atoms with E-state index < -0.39 is 0 Å². The van der Waals surface area contributed by atoms with Crippen LogP contribution < -0.4 is 5.32 Å². The molecule has 0 fully saturated rings. The van der Waals surface area contributed by atoms with E-state index in [4.69, 9.17) is 0 Å². The summed E-state index contributed by atoms with van der Waals surface area (Å²) in [7, 11) is 0. The van der Waals surface area contributed by atoms with Gasteiger partial charge in [0.15, 0.2) is 5.13 Å². The van der Waals surface area contributed by atoms with Crippen molar-refractivity contribution in [3.63, 3.8) is 0 Å². The number of hydrogen-bond donors (Lipinski definition) is 1. The van der Waals surface area contributed by atoms with E-state index in [0.717, 1.165) is 17.7 Å². The maximum absolute atomic E-state index is 12.4. The standard InChI is InChI=1S/C22H20N4OS/c1-2-26-20(12-13-23-26)21(27)25-22-24-19(15-28-22)18-10-8-17(9-11-18)14-16-6-4-3-5-7-16/h3-13,15H,2,14H2,1H3,(H,24,25,27). The first-order chi connectivity index (χ1) is 13.7. The van der Waals surface area contributed by atoms with Gasteiger partial charge in [0.1, 0.15) is 5.69 Å². The van der Waals surface area contributed by atoms with Crippen LogP contribution in [0.4, 0.5) is 5.13 Å². The van der Waals surface area contributed by atoms with Gasteiger partial charge >= 0.3 is 0 Å². The number of carbonyl (C=O) groups is 1. The van der Waals surface area contributed by atoms with Gasteiger partial charge in [0.05, 0.1) is 5.69 Å². The number of benzene rings is 2. The largest absolute Gasteiger partial charge is 0.296 e. The molecule has 2 aromatic heterocycles. The summed E-state index contributed by atoms with van der Waals surface area (Å²) >= 11 is 1.42. The van der Waals surface area contributed by atoms with E-state index in [1.54, 1.807) is 16.9 Å². The summed E-state index contributed by atoms with van der Waals surface area (Å²) < 4.78 is 1.66. The van der Waals surface area contributed by atoms with Gasteiger partial charge in [0.2, 0.25) is 0 Å². The van der Waals surface area contributed by atoms with Crippen LogP contribution >= 0.6 is 11.3 Å². The Morgan fingerprint density at radius 1 is 1.04 bits per heavy atom. The normalized spacial score (nSPS) is 10.8. The maximum Gasteiger partial charge on any atom is 0.275 e. The van der Waals surface area contributed by atoms with Gasteiger partial charge in [-0.05, 0) is 30.5 Å². The molecule has 0 atom stereocenters. The molecule has 0 aliphatic heterocycles. The van der Waals surface area contributed by atoms with E-state index in [2.05, 4.69) is 63.9 Å². The Morgan fingerprint density at radius 3 is 2.54 bits per heavy atom. The minimum atomic E-state index is -0.196. The van der Waals surface area contributed by atoms with Gasteiger partial charge in [0, 0.05) is 23.7 Å². The molecule has 4 rings (SSSR count). The third-order valence-corrected chi connectivity index (χ3v) is 5.23. The molecule has 0 bridgehead atoms. The summed E-state index contributed by atoms with van der Waals surface area (Å²) in [4.78, 5) is 17.0. The Kier molecular flexibility index (Phi) is 5.30. The number of carbonyl (C=O) groups excluding carboxylic acids is 1. The van der Waals surface area contributed by atoms with Crippen LogP contribution in [0.3, 0.4) is 0 Å². The SMILES string of the molecule is CCn1nccc1C(=O)Nc1nc(-c2ccc(Cc3ccccc3)cc2)cs1. The van der Waals surface area contributed by atoms with E-state index in [0.29, 0.717) is 17.4 Å². The summed E-state index contributed by atoms with van der Waals surface area (Å²) in [6, 6.07) is 20.5. The zero-order chi connectivity index (χ0) is 19.3. The minimum absolute atomic E-state index is 0.196. The monoisotopic (exact) mass is 388 g/mol. The van der Waals surface area contributed by atoms with Gasteiger partial charge < -0.3 is 0 Å². The van der Waals surface area contributed by atoms with Gasteiger partial charge in [-0.1, -0.05) is 54.6 Å². The molecule has 0 radical (unpaired) electrons. The number of aryl methyl sites for hydroxylation is 1. The quantitative estimate of drug-likeness (QED) is 0.513. The number of rotatable bonds is 6. The topological polar surface area (TPSA) is 59.8 Å². The lowest BCUT2D eigenvalue weighted by Gasteiger charge is -2.04. The first-order valence-electron chi connectivity index (χ1n) is 9.15. The Hall–Kier alpha value is -3.25. The van der Waals surface area contributed by atoms with E-state index in [9.17, 15) is 4.79 Å². The molecular formula is C22H20N4OS. The summed E-state index contributed by atoms with van der Waals surface area (Å²) in [5.74, 6) is -0.196. The molecule has 0 aliphatic rings. The first-order valence-corrected chi connectivity index (χ1v) is 10.0. The minimum Gasteiger partial charge on any atom is -0.296 e. The first kappa shape index (κ1) is 18.1. The highest BCUT2D eigenvalue weighted by Gasteiger charge is 2.13. The molecule has 0 unspecified atom stereocenters. The molecule has 0 saturated carbocycles. The predicted octanol–water partition coefficient (Wildman–Crippen LogP) is 4.87. The van der Waals surface area contributed by atoms with Crippen molar-refractivity contribution in [3.05, 3.63) is 89.1 Å². The predicted molar refractivity (Wildman–Crippen MR) is 113 cm³/mol. The van der Waals surface area contributed by atoms with Crippen molar-refractivity contribution in [3.8, 4) is 11.3 Å². The zero-order valence-electron chi connectivity index (χ0n) is 15.5. The fourth-order valence-corrected chi connectivity index (χ4v) is 3.74. The van der Waals surface area contributed by atoms with Crippen LogP contribution in [0, 0.1) is 0 Å². The van der Waals surface area contributed by atoms with Crippen molar-refractivity contribution in [1.29, 1.82) is 0 Å². The number of amides is 1. The molecule has 5 nitrogen and oxygen atoms in total. The van der Waals surface area contributed by atoms with Crippen molar-refractivity contribution >= 4 is 22.4 Å². The number of hydrogen-bond acceptors (Lipinski definition) is 4. The van der Waals surface area contributed by atoms with E-state index in [1.807, 2.05) is 18.4 Å². The van der Waals surface area contributed by atoms with E-state index in [-0.39, 0.29) is 5.91 Å². The Morgan fingerprint density at radius 2 is 1.79 bits per heavy atom. The van der Waals surface area contributed by atoms with Crippen molar-refractivity contribution in [2.45, 2.75) is 19.9 Å². The molecule has 1 amide bonds. The van der Waals surface area contributed by atoms with Crippen molar-refractivity contribution in [1.82, 2.24) is 14.8 Å². The third-order valence-electron chi connectivity index (χ3n) is 4.47. The highest BCUT2D eigenvalue weighted by molar-refractivity contribution is 7.14. The van der Waals surface area contributed by atoms with Gasteiger partial charge in [-0.25, -0.2) is 4.98 Å². The second kappa shape index (κ2) is 8.19. The molecule has 6 heteroatoms. The highest BCUT2D eigenvalue weighted by Crippen LogP contribution is 2.26. The van der Waals surface area contributed by atoms with Gasteiger partial charge in [-0.3, -0.25) is 14.8 Å². The van der Waals surface area contributed by atoms with Crippen molar-refractivity contribution in [2.24, 2.45) is 0 Å². The number of nitrogens with zero attached hydrogens (tertiary/aromatic N) is 3.